The van der Waals surface area contributed by atoms with Crippen molar-refractivity contribution in [3.05, 3.63) is 0 Å². The van der Waals surface area contributed by atoms with Crippen LogP contribution in [-0.2, 0) is 4.84 Å². The van der Waals surface area contributed by atoms with Gasteiger partial charge in [-0.15, -0.1) is 0 Å². The molecule has 0 aliphatic heterocycles. The first-order valence-electron chi connectivity index (χ1n) is 2.12. The van der Waals surface area contributed by atoms with E-state index in [0.717, 1.165) is 0 Å². The van der Waals surface area contributed by atoms with Crippen molar-refractivity contribution in [1.82, 2.24) is 0 Å². The lowest BCUT2D eigenvalue weighted by Crippen LogP contribution is -2.07. The van der Waals surface area contributed by atoms with Gasteiger partial charge in [0, 0.05) is 0 Å². The molecule has 0 spiro atoms. The largest absolute Gasteiger partial charge is 0.631 e. The van der Waals surface area contributed by atoms with Crippen LogP contribution in [0.1, 0.15) is 0 Å². The zero-order chi connectivity index (χ0) is 7.70. The molecule has 0 radical (unpaired) electrons. The Balaban J connectivity index is 0. The Hall–Kier alpha value is -0.175. The molecule has 0 aliphatic carbocycles. The summed E-state index contributed by atoms with van der Waals surface area (Å²) in [7, 11) is -2.17. The molecule has 0 aromatic rings. The Bertz CT molecular complexity index is 39.2. The van der Waals surface area contributed by atoms with Crippen LogP contribution in [0.25, 0.3) is 0 Å². The molecule has 9 heavy (non-hydrogen) atoms. The number of nitrogens with two attached hydrogens (primary N) is 1. The van der Waals surface area contributed by atoms with E-state index >= 15 is 0 Å². The van der Waals surface area contributed by atoms with Gasteiger partial charge < -0.3 is 25.0 Å². The molecule has 0 amide bonds. The Labute approximate surface area is 52.6 Å². The van der Waals surface area contributed by atoms with Gasteiger partial charge in [-0.05, 0) is 0 Å². The van der Waals surface area contributed by atoms with Gasteiger partial charge in [0.1, 0.15) is 0 Å². The third-order valence-corrected chi connectivity index (χ3v) is 0.209. The van der Waals surface area contributed by atoms with Gasteiger partial charge >= 0.3 is 7.32 Å². The summed E-state index contributed by atoms with van der Waals surface area (Å²) in [6, 6.07) is 0. The average Bonchev–Trinajstić information content (AvgIpc) is 1.66. The van der Waals surface area contributed by atoms with Gasteiger partial charge in [-0.25, -0.2) is 5.90 Å². The quantitative estimate of drug-likeness (QED) is 0.203. The van der Waals surface area contributed by atoms with Gasteiger partial charge in [0.2, 0.25) is 0 Å². The fourth-order valence-electron chi connectivity index (χ4n) is 0.0527. The number of aliphatic hydroxyl groups excluding tert-OH is 1. The van der Waals surface area contributed by atoms with E-state index in [4.69, 9.17) is 20.2 Å². The molecule has 0 bridgehead atoms. The number of aliphatic hydroxyl groups is 1. The molecule has 0 aromatic carbocycles. The second kappa shape index (κ2) is 10.7. The van der Waals surface area contributed by atoms with Crippen molar-refractivity contribution in [2.24, 2.45) is 5.90 Å². The Morgan fingerprint density at radius 2 is 1.67 bits per heavy atom. The molecular formula is C2H10BNO5. The molecule has 0 rings (SSSR count). The number of hydrogen-bond donors (Lipinski definition) is 5. The van der Waals surface area contributed by atoms with Crippen molar-refractivity contribution < 1.29 is 25.0 Å². The topological polar surface area (TPSA) is 116 Å². The van der Waals surface area contributed by atoms with Gasteiger partial charge in [0.05, 0.1) is 13.2 Å². The molecule has 0 heterocycles. The summed E-state index contributed by atoms with van der Waals surface area (Å²) < 4.78 is 0. The maximum absolute atomic E-state index is 7.86. The first kappa shape index (κ1) is 11.6. The fraction of sp³-hybridized carbons (Fsp3) is 1.00. The highest BCUT2D eigenvalue weighted by molar-refractivity contribution is 6.30. The molecule has 0 saturated heterocycles. The minimum atomic E-state index is -2.17. The van der Waals surface area contributed by atoms with Crippen LogP contribution in [0.2, 0.25) is 0 Å². The third kappa shape index (κ3) is 79.7. The van der Waals surface area contributed by atoms with Crippen molar-refractivity contribution in [3.63, 3.8) is 0 Å². The van der Waals surface area contributed by atoms with E-state index in [-0.39, 0.29) is 13.2 Å². The molecule has 6 N–H and O–H groups in total. The lowest BCUT2D eigenvalue weighted by atomic mass is 10.3. The van der Waals surface area contributed by atoms with E-state index in [1.165, 1.54) is 0 Å². The maximum Gasteiger partial charge on any atom is 0.631 e. The van der Waals surface area contributed by atoms with E-state index in [1.807, 2.05) is 0 Å². The number of rotatable bonds is 2. The van der Waals surface area contributed by atoms with Crippen LogP contribution in [-0.4, -0.2) is 40.7 Å². The van der Waals surface area contributed by atoms with Crippen LogP contribution >= 0.6 is 0 Å². The molecule has 56 valence electrons. The second-order valence-corrected chi connectivity index (χ2v) is 0.941. The summed E-state index contributed by atoms with van der Waals surface area (Å²) >= 11 is 0. The predicted octanol–water partition coefficient (Wildman–Crippen LogP) is -3.18. The van der Waals surface area contributed by atoms with E-state index in [0.29, 0.717) is 0 Å². The minimum absolute atomic E-state index is 0.00347. The summed E-state index contributed by atoms with van der Waals surface area (Å²) in [6.07, 6.45) is 0. The molecule has 0 atom stereocenters. The van der Waals surface area contributed by atoms with E-state index in [2.05, 4.69) is 10.7 Å². The highest BCUT2D eigenvalue weighted by atomic mass is 16.6. The van der Waals surface area contributed by atoms with Crippen molar-refractivity contribution in [2.45, 2.75) is 0 Å². The highest BCUT2D eigenvalue weighted by Crippen LogP contribution is 1.51. The van der Waals surface area contributed by atoms with E-state index < -0.39 is 7.32 Å². The molecule has 0 aliphatic rings. The summed E-state index contributed by atoms with van der Waals surface area (Å²) in [5.41, 5.74) is 0. The van der Waals surface area contributed by atoms with Crippen LogP contribution in [0.5, 0.6) is 0 Å². The molecule has 7 heteroatoms. The van der Waals surface area contributed by atoms with Gasteiger partial charge in [-0.2, -0.15) is 0 Å². The van der Waals surface area contributed by atoms with Gasteiger partial charge in [-0.3, -0.25) is 0 Å². The van der Waals surface area contributed by atoms with E-state index in [9.17, 15) is 0 Å². The number of hydrogen-bond acceptors (Lipinski definition) is 6. The van der Waals surface area contributed by atoms with Crippen molar-refractivity contribution in [2.75, 3.05) is 13.2 Å². The minimum Gasteiger partial charge on any atom is -0.402 e. The molecule has 0 fully saturated rings. The van der Waals surface area contributed by atoms with Crippen LogP contribution in [0.15, 0.2) is 0 Å². The lowest BCUT2D eigenvalue weighted by molar-refractivity contribution is 0.0938. The lowest BCUT2D eigenvalue weighted by Gasteiger charge is -1.83. The van der Waals surface area contributed by atoms with E-state index in [1.54, 1.807) is 0 Å². The first-order valence-corrected chi connectivity index (χ1v) is 2.12. The van der Waals surface area contributed by atoms with Crippen molar-refractivity contribution in [3.8, 4) is 0 Å². The zero-order valence-corrected chi connectivity index (χ0v) is 4.77. The monoisotopic (exact) mass is 139 g/mol. The van der Waals surface area contributed by atoms with Crippen molar-refractivity contribution >= 4 is 7.32 Å². The van der Waals surface area contributed by atoms with Crippen LogP contribution in [0, 0.1) is 0 Å². The molecule has 0 saturated carbocycles. The second-order valence-electron chi connectivity index (χ2n) is 0.941. The molecule has 0 unspecified atom stereocenters. The van der Waals surface area contributed by atoms with Crippen LogP contribution in [0.4, 0.5) is 0 Å². The Morgan fingerprint density at radius 1 is 1.33 bits per heavy atom. The fourth-order valence-corrected chi connectivity index (χ4v) is 0.0527. The van der Waals surface area contributed by atoms with Gasteiger partial charge in [-0.1, -0.05) is 0 Å². The summed E-state index contributed by atoms with van der Waals surface area (Å²) in [5, 5.41) is 29.4. The van der Waals surface area contributed by atoms with Crippen molar-refractivity contribution in [1.29, 1.82) is 0 Å². The normalized spacial score (nSPS) is 7.67. The standard InChI is InChI=1S/C2H7NO2.BH3O3/c3-5-2-1-4;2-1(3)4/h4H,1-3H2;2-4H. The first-order chi connectivity index (χ1) is 4.15. The van der Waals surface area contributed by atoms with Gasteiger partial charge in [0.25, 0.3) is 0 Å². The molecular weight excluding hydrogens is 129 g/mol. The SMILES string of the molecule is NOCCO.OB(O)O. The molecule has 0 aromatic heterocycles. The highest BCUT2D eigenvalue weighted by Gasteiger charge is 1.92. The van der Waals surface area contributed by atoms with Crippen LogP contribution in [0.3, 0.4) is 0 Å². The summed E-state index contributed by atoms with van der Waals surface area (Å²) in [6.45, 7) is 0.219. The average molecular weight is 139 g/mol. The third-order valence-electron chi connectivity index (χ3n) is 0.209. The smallest absolute Gasteiger partial charge is 0.402 e. The summed E-state index contributed by atoms with van der Waals surface area (Å²) in [4.78, 5) is 3.94. The Morgan fingerprint density at radius 3 is 1.67 bits per heavy atom. The van der Waals surface area contributed by atoms with Gasteiger partial charge in [0.15, 0.2) is 0 Å². The molecule has 6 nitrogen and oxygen atoms in total. The predicted molar refractivity (Wildman–Crippen MR) is 29.6 cm³/mol. The summed E-state index contributed by atoms with van der Waals surface area (Å²) in [5.74, 6) is 4.48. The zero-order valence-electron chi connectivity index (χ0n) is 4.77. The maximum atomic E-state index is 7.86. The van der Waals surface area contributed by atoms with Crippen LogP contribution < -0.4 is 5.90 Å². The Kier molecular flexibility index (Phi) is 13.8.